The lowest BCUT2D eigenvalue weighted by Gasteiger charge is -2.50. The van der Waals surface area contributed by atoms with Gasteiger partial charge in [0.1, 0.15) is 22.9 Å². The second kappa shape index (κ2) is 9.64. The number of Topliss-reactive ketones (excluding diaryl/α,β-unsaturated/α-hetero) is 2. The van der Waals surface area contributed by atoms with E-state index < -0.39 is 92.7 Å². The quantitative estimate of drug-likeness (QED) is 0.197. The molecule has 1 heterocycles. The number of carbonyl (C=O) groups excluding carboxylic acids is 4. The van der Waals surface area contributed by atoms with Crippen molar-refractivity contribution in [1.29, 1.82) is 0 Å². The Bertz CT molecular complexity index is 1480. The van der Waals surface area contributed by atoms with Crippen LogP contribution in [-0.4, -0.2) is 80.5 Å². The Hall–Kier alpha value is -3.81. The summed E-state index contributed by atoms with van der Waals surface area (Å²) in [6.45, 7) is 3.76. The van der Waals surface area contributed by atoms with E-state index in [4.69, 9.17) is 5.73 Å². The normalized spacial score (nSPS) is 29.6. The minimum atomic E-state index is -2.80. The lowest BCUT2D eigenvalue weighted by molar-refractivity contribution is -0.153. The molecule has 41 heavy (non-hydrogen) atoms. The van der Waals surface area contributed by atoms with Gasteiger partial charge >= 0.3 is 0 Å². The zero-order valence-corrected chi connectivity index (χ0v) is 23.0. The Balaban J connectivity index is 1.68. The Labute approximate surface area is 234 Å². The molecule has 0 aromatic heterocycles. The fraction of sp³-hybridized carbons (Fsp3) is 0.500. The summed E-state index contributed by atoms with van der Waals surface area (Å²) in [5.74, 6) is -9.42. The van der Waals surface area contributed by atoms with Crippen LogP contribution in [0.5, 0.6) is 5.75 Å². The number of aliphatic hydroxyl groups excluding tert-OH is 2. The second-order valence-corrected chi connectivity index (χ2v) is 11.9. The van der Waals surface area contributed by atoms with E-state index >= 15 is 4.39 Å². The van der Waals surface area contributed by atoms with E-state index in [9.17, 15) is 39.6 Å². The summed E-state index contributed by atoms with van der Waals surface area (Å²) < 4.78 is 16.1. The molecular formula is C28H33FN4O8. The first-order valence-corrected chi connectivity index (χ1v) is 13.4. The highest BCUT2D eigenvalue weighted by Crippen LogP contribution is 2.54. The summed E-state index contributed by atoms with van der Waals surface area (Å²) in [4.78, 5) is 53.5. The van der Waals surface area contributed by atoms with Crippen LogP contribution in [0, 0.1) is 23.6 Å². The number of amides is 2. The van der Waals surface area contributed by atoms with Crippen molar-refractivity contribution in [3.05, 3.63) is 39.4 Å². The van der Waals surface area contributed by atoms with Crippen LogP contribution >= 0.6 is 0 Å². The summed E-state index contributed by atoms with van der Waals surface area (Å²) in [5.41, 5.74) is 0.441. The number of phenolic OH excluding ortho intramolecular Hbond substituents is 1. The maximum absolute atomic E-state index is 16.1. The number of hydrogen-bond acceptors (Lipinski definition) is 10. The number of likely N-dealkylation sites (N-methyl/N-ethyl adjacent to an activating group) is 1. The van der Waals surface area contributed by atoms with Crippen molar-refractivity contribution < 1.29 is 44.0 Å². The Morgan fingerprint density at radius 1 is 1.17 bits per heavy atom. The number of halogens is 1. The van der Waals surface area contributed by atoms with Gasteiger partial charge in [-0.15, -0.1) is 0 Å². The number of nitrogens with one attached hydrogen (secondary N) is 2. The first-order chi connectivity index (χ1) is 19.1. The maximum atomic E-state index is 16.1. The fourth-order valence-electron chi connectivity index (χ4n) is 6.88. The number of aromatic hydroxyl groups is 1. The van der Waals surface area contributed by atoms with Crippen LogP contribution in [0.4, 0.5) is 10.1 Å². The molecular weight excluding hydrogens is 539 g/mol. The number of fused-ring (bicyclic) bond motifs is 4. The van der Waals surface area contributed by atoms with Crippen molar-refractivity contribution >= 4 is 34.8 Å². The van der Waals surface area contributed by atoms with E-state index in [1.165, 1.54) is 19.0 Å². The van der Waals surface area contributed by atoms with E-state index in [-0.39, 0.29) is 42.1 Å². The number of phenols is 1. The molecule has 0 radical (unpaired) electrons. The number of aliphatic hydroxyl groups is 3. The topological polar surface area (TPSA) is 203 Å². The highest BCUT2D eigenvalue weighted by molar-refractivity contribution is 6.24. The summed E-state index contributed by atoms with van der Waals surface area (Å²) in [6, 6.07) is -1.91. The SMILES string of the molecule is CC(C)C[C@@H]1NCc2c(F)c3c(c(O)c2NC1=O)C(O)=C1C(=O)[C@]2(O)C(O)=C(C(N)=O)C(=O)[C@@H](N(C)C)[C@@H]2C[C@@H]1C3. The summed E-state index contributed by atoms with van der Waals surface area (Å²) in [6.07, 6.45) is 0.100. The fourth-order valence-corrected chi connectivity index (χ4v) is 6.88. The molecule has 5 rings (SSSR count). The van der Waals surface area contributed by atoms with Crippen LogP contribution in [-0.2, 0) is 32.1 Å². The predicted molar refractivity (Wildman–Crippen MR) is 143 cm³/mol. The number of anilines is 1. The zero-order valence-electron chi connectivity index (χ0n) is 23.0. The average molecular weight is 573 g/mol. The third-order valence-electron chi connectivity index (χ3n) is 8.72. The van der Waals surface area contributed by atoms with Crippen LogP contribution in [0.3, 0.4) is 0 Å². The summed E-state index contributed by atoms with van der Waals surface area (Å²) in [5, 5.41) is 50.7. The van der Waals surface area contributed by atoms with Crippen LogP contribution in [0.2, 0.25) is 0 Å². The van der Waals surface area contributed by atoms with Gasteiger partial charge in [-0.3, -0.25) is 24.1 Å². The zero-order chi connectivity index (χ0) is 30.3. The van der Waals surface area contributed by atoms with E-state index in [2.05, 4.69) is 10.6 Å². The number of primary amides is 1. The van der Waals surface area contributed by atoms with Crippen LogP contribution in [0.1, 0.15) is 43.4 Å². The third-order valence-corrected chi connectivity index (χ3v) is 8.72. The van der Waals surface area contributed by atoms with E-state index in [1.807, 2.05) is 13.8 Å². The molecule has 1 aliphatic heterocycles. The number of carbonyl (C=O) groups is 4. The molecule has 0 spiro atoms. The predicted octanol–water partition coefficient (Wildman–Crippen LogP) is 0.560. The third kappa shape index (κ3) is 3.97. The molecule has 2 amide bonds. The Morgan fingerprint density at radius 3 is 2.41 bits per heavy atom. The maximum Gasteiger partial charge on any atom is 0.255 e. The van der Waals surface area contributed by atoms with Gasteiger partial charge in [0.2, 0.25) is 11.7 Å². The molecule has 0 bridgehead atoms. The molecule has 220 valence electrons. The molecule has 8 N–H and O–H groups in total. The van der Waals surface area contributed by atoms with Crippen molar-refractivity contribution in [2.24, 2.45) is 23.5 Å². The molecule has 13 heteroatoms. The van der Waals surface area contributed by atoms with E-state index in [0.29, 0.717) is 6.42 Å². The van der Waals surface area contributed by atoms with Gasteiger partial charge in [-0.05, 0) is 45.2 Å². The number of nitrogens with zero attached hydrogens (tertiary/aromatic N) is 1. The number of nitrogens with two attached hydrogens (primary N) is 1. The highest BCUT2D eigenvalue weighted by Gasteiger charge is 2.64. The molecule has 1 saturated carbocycles. The monoisotopic (exact) mass is 572 g/mol. The molecule has 1 fully saturated rings. The summed E-state index contributed by atoms with van der Waals surface area (Å²) >= 11 is 0. The molecule has 5 atom stereocenters. The lowest BCUT2D eigenvalue weighted by atomic mass is 9.57. The van der Waals surface area contributed by atoms with Gasteiger partial charge in [-0.1, -0.05) is 13.8 Å². The van der Waals surface area contributed by atoms with Crippen molar-refractivity contribution in [3.8, 4) is 5.75 Å². The molecule has 1 aromatic rings. The molecule has 1 aromatic carbocycles. The number of hydrogen-bond donors (Lipinski definition) is 7. The highest BCUT2D eigenvalue weighted by atomic mass is 19.1. The van der Waals surface area contributed by atoms with Gasteiger partial charge in [0.05, 0.1) is 23.3 Å². The number of benzene rings is 1. The Kier molecular flexibility index (Phi) is 6.75. The summed E-state index contributed by atoms with van der Waals surface area (Å²) in [7, 11) is 2.99. The van der Waals surface area contributed by atoms with Crippen molar-refractivity contribution in [2.45, 2.75) is 57.3 Å². The molecule has 0 saturated heterocycles. The Morgan fingerprint density at radius 2 is 1.83 bits per heavy atom. The molecule has 4 aliphatic rings. The van der Waals surface area contributed by atoms with Gasteiger partial charge in [-0.25, -0.2) is 4.39 Å². The van der Waals surface area contributed by atoms with Crippen LogP contribution in [0.15, 0.2) is 16.9 Å². The second-order valence-electron chi connectivity index (χ2n) is 11.9. The minimum Gasteiger partial charge on any atom is -0.508 e. The van der Waals surface area contributed by atoms with Gasteiger partial charge in [0, 0.05) is 29.2 Å². The van der Waals surface area contributed by atoms with Crippen molar-refractivity contribution in [1.82, 2.24) is 10.2 Å². The average Bonchev–Trinajstić information content (AvgIpc) is 3.03. The van der Waals surface area contributed by atoms with Gasteiger partial charge in [0.25, 0.3) is 5.91 Å². The lowest BCUT2D eigenvalue weighted by Crippen LogP contribution is -2.65. The van der Waals surface area contributed by atoms with E-state index in [0.717, 1.165) is 0 Å². The minimum absolute atomic E-state index is 0.0126. The van der Waals surface area contributed by atoms with E-state index in [1.54, 1.807) is 0 Å². The van der Waals surface area contributed by atoms with Gasteiger partial charge in [-0.2, -0.15) is 0 Å². The largest absolute Gasteiger partial charge is 0.508 e. The molecule has 3 aliphatic carbocycles. The standard InChI is InChI=1S/C28H33FN4O8/c1-9(2)5-14-27(40)32-19-12(8-31-14)18(29)11-6-10-7-13-20(33(3)4)23(36)17(26(30)39)25(38)28(13,41)24(37)15(10)21(34)16(11)22(19)35/h9-10,13-14,20,31,34-35,38,41H,5-8H2,1-4H3,(H2,30,39)(H,32,40)/t10-,13-,14-,20-,28-/m0/s1. The van der Waals surface area contributed by atoms with Gasteiger partial charge in [0.15, 0.2) is 17.1 Å². The van der Waals surface area contributed by atoms with Crippen molar-refractivity contribution in [2.75, 3.05) is 19.4 Å². The van der Waals surface area contributed by atoms with Gasteiger partial charge < -0.3 is 36.8 Å². The first-order valence-electron chi connectivity index (χ1n) is 13.4. The van der Waals surface area contributed by atoms with Crippen molar-refractivity contribution in [3.63, 3.8) is 0 Å². The molecule has 12 nitrogen and oxygen atoms in total. The van der Waals surface area contributed by atoms with Crippen LogP contribution < -0.4 is 16.4 Å². The first kappa shape index (κ1) is 28.7. The number of ketones is 2. The number of rotatable bonds is 4. The smallest absolute Gasteiger partial charge is 0.255 e. The molecule has 0 unspecified atom stereocenters. The van der Waals surface area contributed by atoms with Crippen LogP contribution in [0.25, 0.3) is 5.76 Å².